The summed E-state index contributed by atoms with van der Waals surface area (Å²) >= 11 is 0. The maximum absolute atomic E-state index is 14.0. The van der Waals surface area contributed by atoms with Crippen molar-refractivity contribution in [2.75, 3.05) is 24.0 Å². The van der Waals surface area contributed by atoms with Crippen LogP contribution in [0.4, 0.5) is 11.4 Å². The lowest BCUT2D eigenvalue weighted by atomic mass is 9.88. The van der Waals surface area contributed by atoms with Gasteiger partial charge in [-0.15, -0.1) is 0 Å². The average molecular weight is 1040 g/mol. The second-order valence-corrected chi connectivity index (χ2v) is 21.2. The number of aliphatic hydroxyl groups is 2. The van der Waals surface area contributed by atoms with Crippen LogP contribution in [0.5, 0.6) is 0 Å². The fraction of sp³-hybridized carbons (Fsp3) is 0.724. The third kappa shape index (κ3) is 26.9. The van der Waals surface area contributed by atoms with Crippen LogP contribution in [-0.4, -0.2) is 100 Å². The van der Waals surface area contributed by atoms with E-state index in [0.717, 1.165) is 112 Å². The Bertz CT molecular complexity index is 1690. The molecule has 10 unspecified atom stereocenters. The van der Waals surface area contributed by atoms with Crippen LogP contribution in [0.3, 0.4) is 0 Å². The molecule has 2 amide bonds. The highest BCUT2D eigenvalue weighted by Gasteiger charge is 2.29. The number of carboxylic acids is 2. The molecule has 0 fully saturated rings. The maximum atomic E-state index is 14.0. The van der Waals surface area contributed by atoms with Crippen molar-refractivity contribution in [1.82, 2.24) is 21.3 Å². The summed E-state index contributed by atoms with van der Waals surface area (Å²) < 4.78 is 0. The van der Waals surface area contributed by atoms with Crippen molar-refractivity contribution >= 4 is 35.1 Å². The predicted molar refractivity (Wildman–Crippen MR) is 300 cm³/mol. The highest BCUT2D eigenvalue weighted by atomic mass is 16.4. The average Bonchev–Trinajstić information content (AvgIpc) is 3.36. The second kappa shape index (κ2) is 38.3. The second-order valence-electron chi connectivity index (χ2n) is 21.2. The Morgan fingerprint density at radius 3 is 1.15 bits per heavy atom. The van der Waals surface area contributed by atoms with E-state index in [0.29, 0.717) is 51.9 Å². The number of hydrogen-bond donors (Lipinski definition) is 12. The van der Waals surface area contributed by atoms with Gasteiger partial charge < -0.3 is 53.2 Å². The van der Waals surface area contributed by atoms with Crippen LogP contribution >= 0.6 is 0 Å². The number of carbonyl (C=O) groups excluding carboxylic acids is 2. The molecule has 0 aromatic heterocycles. The van der Waals surface area contributed by atoms with Crippen LogP contribution < -0.4 is 43.4 Å². The fourth-order valence-electron chi connectivity index (χ4n) is 10.1. The summed E-state index contributed by atoms with van der Waals surface area (Å²) in [6, 6.07) is 12.8. The Balaban J connectivity index is 2.03. The summed E-state index contributed by atoms with van der Waals surface area (Å²) in [7, 11) is 0. The molecule has 2 aromatic carbocycles. The molecule has 10 atom stereocenters. The summed E-state index contributed by atoms with van der Waals surface area (Å²) in [6.45, 7) is 15.6. The van der Waals surface area contributed by atoms with Crippen molar-refractivity contribution in [3.63, 3.8) is 0 Å². The third-order valence-electron chi connectivity index (χ3n) is 14.6. The first kappa shape index (κ1) is 65.8. The molecule has 422 valence electrons. The van der Waals surface area contributed by atoms with Crippen LogP contribution in [0.25, 0.3) is 0 Å². The molecule has 0 heterocycles. The molecule has 0 spiro atoms. The van der Waals surface area contributed by atoms with E-state index in [2.05, 4.69) is 73.4 Å². The Kier molecular flexibility index (Phi) is 34.0. The quantitative estimate of drug-likeness (QED) is 0.0219. The summed E-state index contributed by atoms with van der Waals surface area (Å²) in [5, 5.41) is 61.6. The smallest absolute Gasteiger partial charge is 0.320 e. The predicted octanol–water partition coefficient (Wildman–Crippen LogP) is 8.64. The lowest BCUT2D eigenvalue weighted by Gasteiger charge is -2.30. The number of carboxylic acid groups (broad SMARTS) is 2. The number of carbonyl (C=O) groups is 4. The van der Waals surface area contributed by atoms with E-state index in [1.165, 1.54) is 0 Å². The molecule has 0 bridgehead atoms. The highest BCUT2D eigenvalue weighted by Crippen LogP contribution is 2.25. The van der Waals surface area contributed by atoms with E-state index in [1.807, 2.05) is 55.5 Å². The van der Waals surface area contributed by atoms with Gasteiger partial charge in [0.15, 0.2) is 0 Å². The van der Waals surface area contributed by atoms with E-state index in [9.17, 15) is 29.4 Å². The monoisotopic (exact) mass is 1040 g/mol. The van der Waals surface area contributed by atoms with Gasteiger partial charge in [0.2, 0.25) is 11.8 Å². The minimum atomic E-state index is -1.03. The standard InChI is InChI=1S/C58H102N8O8/c1-8-12-14-16-22-45(24-18-26-51(67)53(40(5)20-10-3)63-38-61-47-32-28-43(29-33-47)36-49(59)57(71)72)55(69)65-42(7)66-56(70)46(23-17-15-13-9-2)25-19-27-52(68)54(41(6)21-11-4)64-39-62-48-34-30-44(31-35-48)37-50(60)58(73)74/h28-35,40-42,45-46,49-54,61-64,67-68H,8-27,36-39,59-60H2,1-7H3,(H,65,69)(H,66,70)(H,71,72)(H,73,74). The van der Waals surface area contributed by atoms with Gasteiger partial charge in [-0.25, -0.2) is 0 Å². The highest BCUT2D eigenvalue weighted by molar-refractivity contribution is 5.81. The van der Waals surface area contributed by atoms with Gasteiger partial charge in [-0.05, 0) is 118 Å². The Hall–Kier alpha value is -4.32. The van der Waals surface area contributed by atoms with Crippen LogP contribution in [0.1, 0.15) is 188 Å². The number of rotatable bonds is 44. The van der Waals surface area contributed by atoms with Gasteiger partial charge in [0.25, 0.3) is 0 Å². The normalized spacial score (nSPS) is 16.1. The Morgan fingerprint density at radius 2 is 0.824 bits per heavy atom. The van der Waals surface area contributed by atoms with Crippen molar-refractivity contribution in [1.29, 1.82) is 0 Å². The number of hydrogen-bond acceptors (Lipinski definition) is 12. The van der Waals surface area contributed by atoms with Crippen LogP contribution in [-0.2, 0) is 32.0 Å². The van der Waals surface area contributed by atoms with Gasteiger partial charge in [-0.2, -0.15) is 0 Å². The van der Waals surface area contributed by atoms with Gasteiger partial charge in [0.1, 0.15) is 12.1 Å². The van der Waals surface area contributed by atoms with E-state index >= 15 is 0 Å². The number of unbranched alkanes of at least 4 members (excludes halogenated alkanes) is 6. The zero-order valence-electron chi connectivity index (χ0n) is 46.5. The van der Waals surface area contributed by atoms with E-state index in [1.54, 1.807) is 0 Å². The number of aliphatic carboxylic acids is 2. The largest absolute Gasteiger partial charge is 0.480 e. The molecule has 16 heteroatoms. The zero-order valence-corrected chi connectivity index (χ0v) is 46.5. The van der Waals surface area contributed by atoms with Gasteiger partial charge >= 0.3 is 11.9 Å². The molecule has 0 saturated carbocycles. The Labute approximate surface area is 445 Å². The molecule has 0 radical (unpaired) electrons. The molecule has 0 aliphatic rings. The molecule has 16 nitrogen and oxygen atoms in total. The van der Waals surface area contributed by atoms with Crippen LogP contribution in [0.2, 0.25) is 0 Å². The number of nitrogens with one attached hydrogen (secondary N) is 6. The minimum Gasteiger partial charge on any atom is -0.480 e. The van der Waals surface area contributed by atoms with Gasteiger partial charge in [0.05, 0.1) is 31.7 Å². The number of aliphatic hydroxyl groups excluding tert-OH is 2. The lowest BCUT2D eigenvalue weighted by Crippen LogP contribution is -2.49. The Morgan fingerprint density at radius 1 is 0.473 bits per heavy atom. The number of benzene rings is 2. The fourth-order valence-corrected chi connectivity index (χ4v) is 10.1. The number of nitrogens with two attached hydrogens (primary N) is 2. The molecule has 2 rings (SSSR count). The van der Waals surface area contributed by atoms with Crippen LogP contribution in [0, 0.1) is 23.7 Å². The van der Waals surface area contributed by atoms with Crippen molar-refractivity contribution < 1.29 is 39.6 Å². The molecular formula is C58H102N8O8. The van der Waals surface area contributed by atoms with Crippen LogP contribution in [0.15, 0.2) is 48.5 Å². The summed E-state index contributed by atoms with van der Waals surface area (Å²) in [5.41, 5.74) is 14.8. The zero-order chi connectivity index (χ0) is 54.8. The third-order valence-corrected chi connectivity index (χ3v) is 14.6. The first-order valence-electron chi connectivity index (χ1n) is 28.5. The summed E-state index contributed by atoms with van der Waals surface area (Å²) in [4.78, 5) is 50.3. The molecule has 2 aromatic rings. The van der Waals surface area contributed by atoms with E-state index in [-0.39, 0.29) is 60.4 Å². The van der Waals surface area contributed by atoms with Crippen molar-refractivity contribution in [2.45, 2.75) is 232 Å². The van der Waals surface area contributed by atoms with Gasteiger partial charge in [-0.1, -0.05) is 143 Å². The molecule has 14 N–H and O–H groups in total. The first-order chi connectivity index (χ1) is 35.4. The SMILES string of the molecule is CCCCCCC(CCCC(O)C(NCNc1ccc(CC(N)C(=O)O)cc1)C(C)CCC)C(=O)NC(C)NC(=O)C(CCCCCC)CCCC(O)C(NCNc1ccc(CC(N)C(=O)O)cc1)C(C)CCC. The van der Waals surface area contributed by atoms with Gasteiger partial charge in [-0.3, -0.25) is 29.8 Å². The molecular weight excluding hydrogens is 937 g/mol. The van der Waals surface area contributed by atoms with Crippen molar-refractivity contribution in [2.24, 2.45) is 35.1 Å². The van der Waals surface area contributed by atoms with Gasteiger partial charge in [0, 0.05) is 35.3 Å². The molecule has 0 aliphatic heterocycles. The van der Waals surface area contributed by atoms with E-state index in [4.69, 9.17) is 21.7 Å². The molecule has 74 heavy (non-hydrogen) atoms. The number of amides is 2. The minimum absolute atomic E-state index is 0.0766. The van der Waals surface area contributed by atoms with Crippen molar-refractivity contribution in [3.8, 4) is 0 Å². The molecule has 0 aliphatic carbocycles. The maximum Gasteiger partial charge on any atom is 0.320 e. The summed E-state index contributed by atoms with van der Waals surface area (Å²) in [5.74, 6) is -2.29. The topological polar surface area (TPSA) is 273 Å². The number of anilines is 2. The lowest BCUT2D eigenvalue weighted by molar-refractivity contribution is -0.139. The molecule has 0 saturated heterocycles. The first-order valence-corrected chi connectivity index (χ1v) is 28.5. The summed E-state index contributed by atoms with van der Waals surface area (Å²) in [6.07, 6.45) is 16.1. The van der Waals surface area contributed by atoms with E-state index < -0.39 is 42.4 Å². The van der Waals surface area contributed by atoms with Crippen molar-refractivity contribution in [3.05, 3.63) is 59.7 Å².